The lowest BCUT2D eigenvalue weighted by molar-refractivity contribution is -0.0504. The molecular weight excluding hydrogens is 585 g/mol. The van der Waals surface area contributed by atoms with E-state index in [4.69, 9.17) is 4.74 Å². The molecule has 0 saturated carbocycles. The van der Waals surface area contributed by atoms with E-state index in [1.807, 2.05) is 0 Å². The summed E-state index contributed by atoms with van der Waals surface area (Å²) in [7, 11) is -10.1. The number of methoxy groups -OCH3 is 1. The fourth-order valence-corrected chi connectivity index (χ4v) is 4.00. The summed E-state index contributed by atoms with van der Waals surface area (Å²) in [6.07, 6.45) is 0. The Kier molecular flexibility index (Phi) is 8.21. The lowest BCUT2D eigenvalue weighted by Gasteiger charge is -2.12. The molecule has 0 fully saturated rings. The number of rotatable bonds is 5. The molecule has 0 bridgehead atoms. The largest absolute Gasteiger partial charge is 0.534 e. The molecule has 0 aromatic heterocycles. The summed E-state index contributed by atoms with van der Waals surface area (Å²) >= 11 is 0. The molecule has 4 aromatic rings. The van der Waals surface area contributed by atoms with Crippen molar-refractivity contribution >= 4 is 41.8 Å². The minimum atomic E-state index is -5.75. The SMILES string of the molecule is COc1ccc2cccc(OS(=O)(=O)C(F)(F)F)c2c1.O=S(=O)(Oc1cccc2cc(F)ccc12)C(F)(F)F. The normalized spacial score (nSPS) is 12.5. The molecule has 0 N–H and O–H groups in total. The van der Waals surface area contributed by atoms with Gasteiger partial charge in [-0.1, -0.05) is 30.3 Å². The molecule has 0 heterocycles. The number of hydrogen-bond acceptors (Lipinski definition) is 7. The van der Waals surface area contributed by atoms with Crippen molar-refractivity contribution < 1.29 is 60.7 Å². The van der Waals surface area contributed by atoms with Gasteiger partial charge in [-0.3, -0.25) is 0 Å². The molecule has 210 valence electrons. The van der Waals surface area contributed by atoms with Gasteiger partial charge in [-0.05, 0) is 53.2 Å². The van der Waals surface area contributed by atoms with Crippen LogP contribution in [0.15, 0.2) is 72.8 Å². The third kappa shape index (κ3) is 6.81. The van der Waals surface area contributed by atoms with Gasteiger partial charge in [0.05, 0.1) is 7.11 Å². The average molecular weight is 600 g/mol. The summed E-state index contributed by atoms with van der Waals surface area (Å²) < 4.78 is 144. The first-order valence-corrected chi connectivity index (χ1v) is 13.0. The van der Waals surface area contributed by atoms with E-state index in [9.17, 15) is 47.6 Å². The zero-order valence-corrected chi connectivity index (χ0v) is 20.9. The van der Waals surface area contributed by atoms with Crippen LogP contribution < -0.4 is 13.1 Å². The van der Waals surface area contributed by atoms with Gasteiger partial charge in [-0.15, -0.1) is 0 Å². The molecule has 4 rings (SSSR count). The molecule has 0 amide bonds. The number of fused-ring (bicyclic) bond motifs is 2. The van der Waals surface area contributed by atoms with E-state index in [0.29, 0.717) is 11.1 Å². The number of halogens is 7. The maximum Gasteiger partial charge on any atom is 0.534 e. The second kappa shape index (κ2) is 10.8. The van der Waals surface area contributed by atoms with Gasteiger partial charge < -0.3 is 13.1 Å². The van der Waals surface area contributed by atoms with Gasteiger partial charge in [-0.2, -0.15) is 43.2 Å². The van der Waals surface area contributed by atoms with Gasteiger partial charge in [0, 0.05) is 10.8 Å². The molecule has 0 aliphatic carbocycles. The number of hydrogen-bond donors (Lipinski definition) is 0. The second-order valence-electron chi connectivity index (χ2n) is 7.43. The van der Waals surface area contributed by atoms with Gasteiger partial charge in [0.1, 0.15) is 11.6 Å². The molecule has 0 aliphatic heterocycles. The van der Waals surface area contributed by atoms with Crippen molar-refractivity contribution in [3.05, 3.63) is 78.6 Å². The van der Waals surface area contributed by atoms with Crippen LogP contribution in [0.4, 0.5) is 30.7 Å². The molecule has 0 saturated heterocycles. The lowest BCUT2D eigenvalue weighted by Crippen LogP contribution is -2.28. The monoisotopic (exact) mass is 600 g/mol. The standard InChI is InChI=1S/C12H9F3O4S.C11H6F4O3S/c1-18-9-6-5-8-3-2-4-11(10(8)7-9)19-20(16,17)12(13,14)15;12-8-4-5-9-7(6-8)2-1-3-10(9)18-19(16,17)11(13,14)15/h2-7H,1H3;1-6H. The summed E-state index contributed by atoms with van der Waals surface area (Å²) in [5.41, 5.74) is -11.0. The topological polar surface area (TPSA) is 96.0 Å². The van der Waals surface area contributed by atoms with Gasteiger partial charge in [0.15, 0.2) is 11.5 Å². The minimum absolute atomic E-state index is 0.0664. The summed E-state index contributed by atoms with van der Waals surface area (Å²) in [6, 6.07) is 15.7. The Balaban J connectivity index is 0.000000216. The van der Waals surface area contributed by atoms with E-state index in [0.717, 1.165) is 30.3 Å². The van der Waals surface area contributed by atoms with Crippen LogP contribution in [0.1, 0.15) is 0 Å². The molecule has 0 atom stereocenters. The first kappa shape index (κ1) is 29.8. The molecule has 0 aliphatic rings. The number of benzene rings is 4. The molecule has 16 heteroatoms. The van der Waals surface area contributed by atoms with Crippen molar-refractivity contribution in [1.29, 1.82) is 0 Å². The number of ether oxygens (including phenoxy) is 1. The Morgan fingerprint density at radius 3 is 1.64 bits per heavy atom. The predicted octanol–water partition coefficient (Wildman–Crippen LogP) is 6.28. The Morgan fingerprint density at radius 2 is 1.13 bits per heavy atom. The highest BCUT2D eigenvalue weighted by Gasteiger charge is 2.49. The maximum atomic E-state index is 13.0. The average Bonchev–Trinajstić information content (AvgIpc) is 2.82. The van der Waals surface area contributed by atoms with Crippen molar-refractivity contribution in [2.24, 2.45) is 0 Å². The third-order valence-electron chi connectivity index (χ3n) is 4.82. The Labute approximate surface area is 216 Å². The van der Waals surface area contributed by atoms with Gasteiger partial charge in [0.2, 0.25) is 0 Å². The van der Waals surface area contributed by atoms with Crippen LogP contribution in [0.2, 0.25) is 0 Å². The third-order valence-corrected chi connectivity index (χ3v) is 6.75. The minimum Gasteiger partial charge on any atom is -0.497 e. The Bertz CT molecular complexity index is 1720. The van der Waals surface area contributed by atoms with Crippen molar-refractivity contribution in [3.8, 4) is 17.2 Å². The van der Waals surface area contributed by atoms with Gasteiger partial charge in [0.25, 0.3) is 0 Å². The van der Waals surface area contributed by atoms with Crippen molar-refractivity contribution in [1.82, 2.24) is 0 Å². The lowest BCUT2D eigenvalue weighted by atomic mass is 10.1. The highest BCUT2D eigenvalue weighted by molar-refractivity contribution is 7.88. The zero-order valence-electron chi connectivity index (χ0n) is 19.2. The van der Waals surface area contributed by atoms with Crippen LogP contribution in [-0.2, 0) is 20.2 Å². The summed E-state index contributed by atoms with van der Waals surface area (Å²) in [6.45, 7) is 0. The van der Waals surface area contributed by atoms with E-state index >= 15 is 0 Å². The van der Waals surface area contributed by atoms with E-state index in [-0.39, 0.29) is 16.2 Å². The molecule has 4 aromatic carbocycles. The molecule has 0 spiro atoms. The summed E-state index contributed by atoms with van der Waals surface area (Å²) in [5, 5.41) is 1.03. The van der Waals surface area contributed by atoms with Crippen molar-refractivity contribution in [3.63, 3.8) is 0 Å². The first-order chi connectivity index (χ1) is 17.9. The molecule has 7 nitrogen and oxygen atoms in total. The fourth-order valence-electron chi connectivity index (χ4n) is 3.05. The zero-order chi connectivity index (χ0) is 29.2. The Morgan fingerprint density at radius 1 is 0.615 bits per heavy atom. The molecule has 39 heavy (non-hydrogen) atoms. The van der Waals surface area contributed by atoms with Crippen LogP contribution >= 0.6 is 0 Å². The summed E-state index contributed by atoms with van der Waals surface area (Å²) in [5.74, 6) is -1.13. The smallest absolute Gasteiger partial charge is 0.497 e. The van der Waals surface area contributed by atoms with Crippen molar-refractivity contribution in [2.75, 3.05) is 7.11 Å². The van der Waals surface area contributed by atoms with E-state index in [1.165, 1.54) is 31.4 Å². The van der Waals surface area contributed by atoms with E-state index in [1.54, 1.807) is 18.2 Å². The fraction of sp³-hybridized carbons (Fsp3) is 0.130. The quantitative estimate of drug-likeness (QED) is 0.151. The van der Waals surface area contributed by atoms with E-state index < -0.39 is 48.6 Å². The molecular formula is C23H15F7O7S2. The van der Waals surface area contributed by atoms with Crippen molar-refractivity contribution in [2.45, 2.75) is 11.0 Å². The maximum absolute atomic E-state index is 13.0. The van der Waals surface area contributed by atoms with Crippen LogP contribution in [0, 0.1) is 5.82 Å². The molecule has 0 unspecified atom stereocenters. The second-order valence-corrected chi connectivity index (χ2v) is 10.5. The predicted molar refractivity (Wildman–Crippen MR) is 126 cm³/mol. The van der Waals surface area contributed by atoms with Gasteiger partial charge in [-0.25, -0.2) is 4.39 Å². The summed E-state index contributed by atoms with van der Waals surface area (Å²) in [4.78, 5) is 0. The van der Waals surface area contributed by atoms with Crippen LogP contribution in [0.3, 0.4) is 0 Å². The highest BCUT2D eigenvalue weighted by Crippen LogP contribution is 2.34. The van der Waals surface area contributed by atoms with Gasteiger partial charge >= 0.3 is 31.3 Å². The van der Waals surface area contributed by atoms with Crippen LogP contribution in [-0.4, -0.2) is 35.0 Å². The highest BCUT2D eigenvalue weighted by atomic mass is 32.2. The Hall–Kier alpha value is -3.79. The molecule has 0 radical (unpaired) electrons. The number of alkyl halides is 6. The van der Waals surface area contributed by atoms with Crippen LogP contribution in [0.25, 0.3) is 21.5 Å². The van der Waals surface area contributed by atoms with Crippen LogP contribution in [0.5, 0.6) is 17.2 Å². The van der Waals surface area contributed by atoms with E-state index in [2.05, 4.69) is 8.37 Å². The first-order valence-electron chi connectivity index (χ1n) is 10.2.